The minimum atomic E-state index is -2.17. The molecule has 1 aliphatic carbocycles. The van der Waals surface area contributed by atoms with Crippen molar-refractivity contribution < 1.29 is 22.9 Å². The van der Waals surface area contributed by atoms with Crippen LogP contribution < -0.4 is 5.14 Å². The Labute approximate surface area is 234 Å². The maximum Gasteiger partial charge on any atom is 0.355 e. The molecule has 1 saturated carbocycles. The number of thiol groups is 1. The average Bonchev–Trinajstić information content (AvgIpc) is 3.52. The number of aromatic nitrogens is 3. The van der Waals surface area contributed by atoms with Gasteiger partial charge in [0.1, 0.15) is 11.6 Å². The predicted octanol–water partition coefficient (Wildman–Crippen LogP) is 6.04. The summed E-state index contributed by atoms with van der Waals surface area (Å²) in [6.07, 6.45) is 2.03. The number of rotatable bonds is 8. The van der Waals surface area contributed by atoms with Crippen molar-refractivity contribution in [3.63, 3.8) is 0 Å². The average molecular weight is 578 g/mol. The van der Waals surface area contributed by atoms with Crippen LogP contribution in [-0.2, 0) is 21.6 Å². The molecule has 3 N–H and O–H groups in total. The Morgan fingerprint density at radius 1 is 1.05 bits per heavy atom. The number of nitrogens with zero attached hydrogens (tertiary/aromatic N) is 3. The number of thiazole rings is 1. The Morgan fingerprint density at radius 2 is 1.80 bits per heavy atom. The van der Waals surface area contributed by atoms with Crippen LogP contribution in [0.1, 0.15) is 46.1 Å². The Bertz CT molecular complexity index is 1780. The molecule has 0 spiro atoms. The summed E-state index contributed by atoms with van der Waals surface area (Å²) in [6, 6.07) is 18.2. The van der Waals surface area contributed by atoms with Crippen LogP contribution in [0, 0.1) is 11.6 Å². The molecule has 1 unspecified atom stereocenters. The molecule has 7 nitrogen and oxygen atoms in total. The van der Waals surface area contributed by atoms with Gasteiger partial charge in [0.25, 0.3) is 0 Å². The second-order valence-electron chi connectivity index (χ2n) is 9.58. The molecule has 1 aliphatic rings. The van der Waals surface area contributed by atoms with Gasteiger partial charge < -0.3 is 5.11 Å². The van der Waals surface area contributed by atoms with Crippen molar-refractivity contribution in [3.8, 4) is 27.5 Å². The molecule has 0 aliphatic heterocycles. The summed E-state index contributed by atoms with van der Waals surface area (Å²) in [4.78, 5) is 16.1. The number of hydrogen-bond donors (Lipinski definition) is 2. The first kappa shape index (κ1) is 26.2. The van der Waals surface area contributed by atoms with Gasteiger partial charge in [-0.25, -0.2) is 23.2 Å². The number of carboxylic acids is 1. The maximum absolute atomic E-state index is 15.2. The molecule has 0 amide bonds. The van der Waals surface area contributed by atoms with Crippen LogP contribution in [0.2, 0.25) is 0 Å². The maximum atomic E-state index is 15.2. The first-order valence-corrected chi connectivity index (χ1v) is 14.7. The summed E-state index contributed by atoms with van der Waals surface area (Å²) in [5.74, 6) is -1.81. The normalized spacial score (nSPS) is 13.9. The van der Waals surface area contributed by atoms with E-state index in [1.165, 1.54) is 34.9 Å². The quantitative estimate of drug-likeness (QED) is 0.173. The van der Waals surface area contributed by atoms with Gasteiger partial charge in [0, 0.05) is 34.9 Å². The second-order valence-corrected chi connectivity index (χ2v) is 11.6. The SMILES string of the molecule is N[SH+](=O)c1ccc(Cc2c(-c3cccc(-c4ccc(F)cc4)c3)nn(-c3nc(C(=O)O)cs3)c2C2CC2)c(F)c1. The van der Waals surface area contributed by atoms with E-state index in [9.17, 15) is 18.5 Å². The molecule has 0 radical (unpaired) electrons. The topological polar surface area (TPSA) is 111 Å². The minimum absolute atomic E-state index is 0.0730. The van der Waals surface area contributed by atoms with Gasteiger partial charge in [-0.05, 0) is 53.8 Å². The Kier molecular flexibility index (Phi) is 6.87. The van der Waals surface area contributed by atoms with E-state index in [1.807, 2.05) is 24.3 Å². The van der Waals surface area contributed by atoms with Crippen molar-refractivity contribution in [3.05, 3.63) is 106 Å². The van der Waals surface area contributed by atoms with Crippen molar-refractivity contribution >= 4 is 28.3 Å². The molecular formula is C29H23F2N4O3S2+. The van der Waals surface area contributed by atoms with Crippen LogP contribution in [0.3, 0.4) is 0 Å². The number of hydrogen-bond acceptors (Lipinski definition) is 5. The van der Waals surface area contributed by atoms with E-state index in [2.05, 4.69) is 4.98 Å². The molecule has 2 aromatic heterocycles. The lowest BCUT2D eigenvalue weighted by Gasteiger charge is -2.10. The summed E-state index contributed by atoms with van der Waals surface area (Å²) >= 11 is 1.18. The monoisotopic (exact) mass is 577 g/mol. The lowest BCUT2D eigenvalue weighted by molar-refractivity contribution is 0.0691. The van der Waals surface area contributed by atoms with Crippen LogP contribution >= 0.6 is 11.3 Å². The first-order chi connectivity index (χ1) is 19.3. The van der Waals surface area contributed by atoms with Crippen LogP contribution in [0.25, 0.3) is 27.5 Å². The third-order valence-electron chi connectivity index (χ3n) is 6.85. The largest absolute Gasteiger partial charge is 0.476 e. The van der Waals surface area contributed by atoms with E-state index >= 15 is 4.39 Å². The highest BCUT2D eigenvalue weighted by Gasteiger charge is 2.34. The number of carbonyl (C=O) groups is 1. The lowest BCUT2D eigenvalue weighted by atomic mass is 9.95. The summed E-state index contributed by atoms with van der Waals surface area (Å²) in [5, 5.41) is 21.7. The highest BCUT2D eigenvalue weighted by atomic mass is 32.2. The van der Waals surface area contributed by atoms with Gasteiger partial charge in [0.2, 0.25) is 5.13 Å². The van der Waals surface area contributed by atoms with Crippen molar-refractivity contribution in [1.29, 1.82) is 0 Å². The van der Waals surface area contributed by atoms with E-state index < -0.39 is 22.8 Å². The van der Waals surface area contributed by atoms with Crippen molar-refractivity contribution in [2.75, 3.05) is 0 Å². The Balaban J connectivity index is 1.52. The predicted molar refractivity (Wildman–Crippen MR) is 150 cm³/mol. The zero-order valence-electron chi connectivity index (χ0n) is 20.9. The molecule has 5 aromatic rings. The van der Waals surface area contributed by atoms with Gasteiger partial charge in [-0.2, -0.15) is 5.10 Å². The van der Waals surface area contributed by atoms with E-state index in [0.717, 1.165) is 40.8 Å². The summed E-state index contributed by atoms with van der Waals surface area (Å²) in [5.41, 5.74) is 5.06. The number of carboxylic acid groups (broad SMARTS) is 1. The summed E-state index contributed by atoms with van der Waals surface area (Å²) in [6.45, 7) is 0. The summed E-state index contributed by atoms with van der Waals surface area (Å²) < 4.78 is 42.1. The molecule has 6 rings (SSSR count). The van der Waals surface area contributed by atoms with E-state index in [0.29, 0.717) is 16.4 Å². The van der Waals surface area contributed by atoms with E-state index in [4.69, 9.17) is 10.2 Å². The lowest BCUT2D eigenvalue weighted by Crippen LogP contribution is -2.05. The fourth-order valence-electron chi connectivity index (χ4n) is 4.75. The second kappa shape index (κ2) is 10.5. The van der Waals surface area contributed by atoms with Gasteiger partial charge in [0.05, 0.1) is 11.4 Å². The fraction of sp³-hybridized carbons (Fsp3) is 0.138. The van der Waals surface area contributed by atoms with Crippen LogP contribution in [-0.4, -0.2) is 25.8 Å². The van der Waals surface area contributed by atoms with Gasteiger partial charge in [-0.1, -0.05) is 40.6 Å². The van der Waals surface area contributed by atoms with Gasteiger partial charge in [-0.3, -0.25) is 0 Å². The zero-order valence-corrected chi connectivity index (χ0v) is 22.6. The molecule has 202 valence electrons. The highest BCUT2D eigenvalue weighted by Crippen LogP contribution is 2.46. The number of nitrogens with two attached hydrogens (primary N) is 1. The Hall–Kier alpha value is -4.06. The first-order valence-electron chi connectivity index (χ1n) is 12.5. The smallest absolute Gasteiger partial charge is 0.355 e. The molecule has 11 heteroatoms. The van der Waals surface area contributed by atoms with Gasteiger partial charge in [-0.15, -0.1) is 16.5 Å². The molecule has 1 fully saturated rings. The van der Waals surface area contributed by atoms with Gasteiger partial charge in [0.15, 0.2) is 21.6 Å². The van der Waals surface area contributed by atoms with Crippen molar-refractivity contribution in [1.82, 2.24) is 14.8 Å². The Morgan fingerprint density at radius 3 is 2.45 bits per heavy atom. The van der Waals surface area contributed by atoms with Crippen LogP contribution in [0.4, 0.5) is 8.78 Å². The highest BCUT2D eigenvalue weighted by molar-refractivity contribution is 7.82. The van der Waals surface area contributed by atoms with Crippen molar-refractivity contribution in [2.45, 2.75) is 30.1 Å². The van der Waals surface area contributed by atoms with Gasteiger partial charge >= 0.3 is 5.97 Å². The zero-order chi connectivity index (χ0) is 28.0. The number of halogens is 2. The number of aromatic carboxylic acids is 1. The third-order valence-corrected chi connectivity index (χ3v) is 8.45. The standard InChI is InChI=1S/C29H22F2N4O3S2/c30-21-9-6-16(7-10-21)18-2-1-3-20(12-18)26-23(13-19-8-11-22(40(32)38)14-24(19)31)27(17-4-5-17)35(34-26)29-33-25(15-39-29)28(36)37/h1-3,6-12,14-15,17H,4-5,13H2,(H2,32,38)(H,36,37)/p+1. The van der Waals surface area contributed by atoms with E-state index in [1.54, 1.807) is 28.9 Å². The molecule has 1 atom stereocenters. The molecule has 0 saturated heterocycles. The van der Waals surface area contributed by atoms with Crippen molar-refractivity contribution in [2.24, 2.45) is 5.14 Å². The molecular weight excluding hydrogens is 554 g/mol. The fourth-order valence-corrected chi connectivity index (χ4v) is 5.97. The van der Waals surface area contributed by atoms with E-state index in [-0.39, 0.29) is 28.7 Å². The molecule has 0 bridgehead atoms. The molecule has 40 heavy (non-hydrogen) atoms. The summed E-state index contributed by atoms with van der Waals surface area (Å²) in [7, 11) is -2.17. The third kappa shape index (κ3) is 5.10. The minimum Gasteiger partial charge on any atom is -0.476 e. The van der Waals surface area contributed by atoms with Crippen LogP contribution in [0.15, 0.2) is 77.0 Å². The molecule has 3 aromatic carbocycles. The van der Waals surface area contributed by atoms with Crippen LogP contribution in [0.5, 0.6) is 0 Å². The molecule has 2 heterocycles. The number of benzene rings is 3.